The van der Waals surface area contributed by atoms with E-state index in [4.69, 9.17) is 11.5 Å². The van der Waals surface area contributed by atoms with Crippen LogP contribution in [-0.4, -0.2) is 54.9 Å². The standard InChI is InChI=1S/C30H42N4OS.C2H6.C2H4/c1-20-15-25(16-21(2)29(20)31)17-24-11-12-26(27(18-24)33(3)4)34(5)14-13-22-7-9-23(10-8-22)19-28(36-6)30(32)35;2*1-2/h7-10,15-16,18,28H,11-14,17,19,31H2,1-6H3,(H2,32,35);1-2H3;1-2H2. The molecular weight excluding hydrogens is 512 g/mol. The van der Waals surface area contributed by atoms with E-state index in [1.807, 2.05) is 20.1 Å². The molecule has 1 aliphatic rings. The largest absolute Gasteiger partial charge is 0.398 e. The topological polar surface area (TPSA) is 75.6 Å². The molecule has 4 N–H and O–H groups in total. The fraction of sp³-hybridized carbons (Fsp3) is 0.441. The second-order valence-electron chi connectivity index (χ2n) is 10.2. The highest BCUT2D eigenvalue weighted by Gasteiger charge is 2.19. The first kappa shape index (κ1) is 34.9. The summed E-state index contributed by atoms with van der Waals surface area (Å²) in [4.78, 5) is 16.2. The number of allylic oxidation sites excluding steroid dienone is 3. The Morgan fingerprint density at radius 1 is 0.975 bits per heavy atom. The third-order valence-corrected chi connectivity index (χ3v) is 8.10. The minimum Gasteiger partial charge on any atom is -0.398 e. The van der Waals surface area contributed by atoms with E-state index in [1.165, 1.54) is 39.9 Å². The molecule has 0 fully saturated rings. The summed E-state index contributed by atoms with van der Waals surface area (Å²) in [7, 11) is 6.47. The number of nitrogens with two attached hydrogens (primary N) is 2. The molecule has 0 bridgehead atoms. The number of hydrogen-bond acceptors (Lipinski definition) is 5. The number of thioether (sulfide) groups is 1. The molecule has 0 aromatic heterocycles. The lowest BCUT2D eigenvalue weighted by Gasteiger charge is -2.32. The maximum absolute atomic E-state index is 11.5. The molecule has 5 nitrogen and oxygen atoms in total. The lowest BCUT2D eigenvalue weighted by Crippen LogP contribution is -2.27. The Morgan fingerprint density at radius 2 is 1.52 bits per heavy atom. The van der Waals surface area contributed by atoms with Crippen LogP contribution in [-0.2, 0) is 24.1 Å². The van der Waals surface area contributed by atoms with Crippen LogP contribution in [0.3, 0.4) is 0 Å². The van der Waals surface area contributed by atoms with Gasteiger partial charge in [0.1, 0.15) is 0 Å². The van der Waals surface area contributed by atoms with Crippen LogP contribution >= 0.6 is 11.8 Å². The van der Waals surface area contributed by atoms with Gasteiger partial charge in [0.25, 0.3) is 0 Å². The van der Waals surface area contributed by atoms with Crippen LogP contribution in [0.2, 0.25) is 0 Å². The SMILES string of the molecule is C=C.CC.CSC(Cc1ccc(CCN(C)C2=C(N(C)C)C=C(Cc3cc(C)c(N)c(C)c3)CC2)cc1)C(N)=O. The summed E-state index contributed by atoms with van der Waals surface area (Å²) in [5.74, 6) is -0.249. The molecule has 1 unspecified atom stereocenters. The van der Waals surface area contributed by atoms with Gasteiger partial charge in [-0.05, 0) is 86.1 Å². The molecule has 1 amide bonds. The molecule has 0 heterocycles. The summed E-state index contributed by atoms with van der Waals surface area (Å²) >= 11 is 1.51. The maximum Gasteiger partial charge on any atom is 0.230 e. The number of carbonyl (C=O) groups is 1. The van der Waals surface area contributed by atoms with E-state index in [-0.39, 0.29) is 11.2 Å². The summed E-state index contributed by atoms with van der Waals surface area (Å²) in [6, 6.07) is 13.1. The summed E-state index contributed by atoms with van der Waals surface area (Å²) in [5, 5.41) is -0.171. The predicted molar refractivity (Wildman–Crippen MR) is 178 cm³/mol. The second-order valence-corrected chi connectivity index (χ2v) is 11.2. The number of carbonyl (C=O) groups excluding carboxylic acids is 1. The third-order valence-electron chi connectivity index (χ3n) is 7.13. The number of amides is 1. The van der Waals surface area contributed by atoms with Gasteiger partial charge in [-0.2, -0.15) is 11.8 Å². The minimum absolute atomic E-state index is 0.171. The quantitative estimate of drug-likeness (QED) is 0.235. The van der Waals surface area contributed by atoms with E-state index in [0.717, 1.165) is 54.6 Å². The Hall–Kier alpha value is -3.12. The molecule has 0 radical (unpaired) electrons. The highest BCUT2D eigenvalue weighted by atomic mass is 32.2. The van der Waals surface area contributed by atoms with Gasteiger partial charge in [0, 0.05) is 39.1 Å². The second kappa shape index (κ2) is 17.5. The molecular formula is C34H52N4OS. The highest BCUT2D eigenvalue weighted by molar-refractivity contribution is 7.99. The van der Waals surface area contributed by atoms with Gasteiger partial charge < -0.3 is 21.3 Å². The van der Waals surface area contributed by atoms with Crippen molar-refractivity contribution < 1.29 is 4.79 Å². The van der Waals surface area contributed by atoms with Gasteiger partial charge in [0.05, 0.1) is 10.9 Å². The fourth-order valence-corrected chi connectivity index (χ4v) is 5.48. The van der Waals surface area contributed by atoms with Crippen LogP contribution in [0.5, 0.6) is 0 Å². The van der Waals surface area contributed by atoms with Crippen molar-refractivity contribution in [3.05, 3.63) is 100 Å². The maximum atomic E-state index is 11.5. The Bertz CT molecular complexity index is 1130. The molecule has 2 aromatic carbocycles. The van der Waals surface area contributed by atoms with Crippen molar-refractivity contribution in [1.82, 2.24) is 9.80 Å². The number of nitrogen functional groups attached to an aromatic ring is 1. The van der Waals surface area contributed by atoms with Crippen molar-refractivity contribution in [3.63, 3.8) is 0 Å². The van der Waals surface area contributed by atoms with Crippen LogP contribution in [0.25, 0.3) is 0 Å². The first-order valence-corrected chi connectivity index (χ1v) is 15.4. The van der Waals surface area contributed by atoms with E-state index in [9.17, 15) is 4.79 Å². The molecule has 1 aliphatic carbocycles. The van der Waals surface area contributed by atoms with Crippen LogP contribution < -0.4 is 11.5 Å². The number of primary amides is 1. The fourth-order valence-electron chi connectivity index (χ4n) is 4.89. The Balaban J connectivity index is 0.00000191. The van der Waals surface area contributed by atoms with Gasteiger partial charge in [-0.1, -0.05) is 55.8 Å². The first-order chi connectivity index (χ1) is 19.1. The van der Waals surface area contributed by atoms with Gasteiger partial charge >= 0.3 is 0 Å². The molecule has 3 rings (SSSR count). The third kappa shape index (κ3) is 10.1. The smallest absolute Gasteiger partial charge is 0.230 e. The molecule has 0 saturated heterocycles. The molecule has 2 aromatic rings. The minimum atomic E-state index is -0.249. The normalized spacial score (nSPS) is 13.2. The summed E-state index contributed by atoms with van der Waals surface area (Å²) < 4.78 is 0. The number of nitrogens with zero attached hydrogens (tertiary/aromatic N) is 2. The van der Waals surface area contributed by atoms with Crippen LogP contribution in [0.4, 0.5) is 5.69 Å². The Morgan fingerprint density at radius 3 is 2.02 bits per heavy atom. The highest BCUT2D eigenvalue weighted by Crippen LogP contribution is 2.30. The predicted octanol–water partition coefficient (Wildman–Crippen LogP) is 6.68. The molecule has 1 atom stereocenters. The molecule has 0 saturated carbocycles. The number of benzene rings is 2. The average Bonchev–Trinajstić information content (AvgIpc) is 2.95. The van der Waals surface area contributed by atoms with Crippen molar-refractivity contribution in [2.75, 3.05) is 39.7 Å². The zero-order valence-corrected chi connectivity index (χ0v) is 27.0. The average molecular weight is 565 g/mol. The zero-order chi connectivity index (χ0) is 30.4. The lowest BCUT2D eigenvalue weighted by molar-refractivity contribution is -0.117. The van der Waals surface area contributed by atoms with E-state index in [1.54, 1.807) is 0 Å². The molecule has 6 heteroatoms. The Labute approximate surface area is 248 Å². The molecule has 40 heavy (non-hydrogen) atoms. The van der Waals surface area contributed by atoms with Crippen molar-refractivity contribution in [3.8, 4) is 0 Å². The van der Waals surface area contributed by atoms with E-state index in [0.29, 0.717) is 6.42 Å². The molecule has 220 valence electrons. The molecule has 0 aliphatic heterocycles. The van der Waals surface area contributed by atoms with Gasteiger partial charge in [-0.15, -0.1) is 13.2 Å². The van der Waals surface area contributed by atoms with Gasteiger partial charge in [-0.3, -0.25) is 4.79 Å². The number of rotatable bonds is 11. The molecule has 0 spiro atoms. The van der Waals surface area contributed by atoms with Gasteiger partial charge in [0.15, 0.2) is 0 Å². The van der Waals surface area contributed by atoms with Crippen LogP contribution in [0.1, 0.15) is 54.5 Å². The summed E-state index contributed by atoms with van der Waals surface area (Å²) in [5.41, 5.74) is 22.8. The summed E-state index contributed by atoms with van der Waals surface area (Å²) in [6.45, 7) is 15.1. The van der Waals surface area contributed by atoms with Crippen LogP contribution in [0.15, 0.2) is 72.6 Å². The zero-order valence-electron chi connectivity index (χ0n) is 26.1. The number of likely N-dealkylation sites (N-methyl/N-ethyl adjacent to an activating group) is 2. The van der Waals surface area contributed by atoms with Crippen molar-refractivity contribution in [1.29, 1.82) is 0 Å². The Kier molecular flexibility index (Phi) is 15.3. The van der Waals surface area contributed by atoms with Crippen molar-refractivity contribution >= 4 is 23.4 Å². The number of aryl methyl sites for hydroxylation is 2. The van der Waals surface area contributed by atoms with Crippen molar-refractivity contribution in [2.45, 2.75) is 65.0 Å². The lowest BCUT2D eigenvalue weighted by atomic mass is 9.92. The van der Waals surface area contributed by atoms with Gasteiger partial charge in [-0.25, -0.2) is 0 Å². The monoisotopic (exact) mass is 564 g/mol. The first-order valence-electron chi connectivity index (χ1n) is 14.2. The van der Waals surface area contributed by atoms with Crippen LogP contribution in [0, 0.1) is 13.8 Å². The van der Waals surface area contributed by atoms with E-state index < -0.39 is 0 Å². The van der Waals surface area contributed by atoms with Crippen molar-refractivity contribution in [2.24, 2.45) is 5.73 Å². The van der Waals surface area contributed by atoms with E-state index in [2.05, 4.69) is 100 Å². The van der Waals surface area contributed by atoms with E-state index >= 15 is 0 Å². The number of anilines is 1. The number of hydrogen-bond donors (Lipinski definition) is 2. The summed E-state index contributed by atoms with van der Waals surface area (Å²) in [6.07, 6.45) is 9.06. The van der Waals surface area contributed by atoms with Gasteiger partial charge in [0.2, 0.25) is 5.91 Å².